The molecule has 0 bridgehead atoms. The van der Waals surface area contributed by atoms with Crippen LogP contribution in [0, 0.1) is 0 Å². The third-order valence-electron chi connectivity index (χ3n) is 2.75. The Morgan fingerprint density at radius 3 is 2.53 bits per heavy atom. The summed E-state index contributed by atoms with van der Waals surface area (Å²) < 4.78 is 1.36. The summed E-state index contributed by atoms with van der Waals surface area (Å²) in [5.41, 5.74) is 1.53. The summed E-state index contributed by atoms with van der Waals surface area (Å²) in [6, 6.07) is 17.5. The SMILES string of the molecule is O=C(c1ccccc1)c1ccc2[se]ccc2c1. The van der Waals surface area contributed by atoms with Gasteiger partial charge in [0.05, 0.1) is 0 Å². The Kier molecular flexibility index (Phi) is 2.68. The number of rotatable bonds is 2. The van der Waals surface area contributed by atoms with Gasteiger partial charge in [0.2, 0.25) is 0 Å². The molecule has 0 fully saturated rings. The Labute approximate surface area is 105 Å². The molecule has 1 aromatic heterocycles. The molecule has 0 saturated heterocycles. The predicted molar refractivity (Wildman–Crippen MR) is 70.8 cm³/mol. The van der Waals surface area contributed by atoms with Crippen molar-refractivity contribution >= 4 is 29.9 Å². The van der Waals surface area contributed by atoms with E-state index in [0.29, 0.717) is 14.5 Å². The number of fused-ring (bicyclic) bond motifs is 1. The van der Waals surface area contributed by atoms with Gasteiger partial charge in [0, 0.05) is 0 Å². The fourth-order valence-electron chi connectivity index (χ4n) is 1.86. The minimum absolute atomic E-state index is 0.0983. The van der Waals surface area contributed by atoms with Crippen LogP contribution in [0.3, 0.4) is 0 Å². The van der Waals surface area contributed by atoms with Gasteiger partial charge >= 0.3 is 105 Å². The first-order valence-electron chi connectivity index (χ1n) is 5.41. The Balaban J connectivity index is 2.06. The molecular formula is C15H10OSe. The second-order valence-corrected chi connectivity index (χ2v) is 5.86. The van der Waals surface area contributed by atoms with E-state index in [4.69, 9.17) is 0 Å². The summed E-state index contributed by atoms with van der Waals surface area (Å²) in [6.45, 7) is 0. The molecule has 0 saturated carbocycles. The van der Waals surface area contributed by atoms with Crippen LogP contribution in [0.4, 0.5) is 0 Å². The monoisotopic (exact) mass is 286 g/mol. The van der Waals surface area contributed by atoms with E-state index in [0.717, 1.165) is 11.1 Å². The van der Waals surface area contributed by atoms with Crippen molar-refractivity contribution < 1.29 is 4.79 Å². The molecule has 0 N–H and O–H groups in total. The van der Waals surface area contributed by atoms with E-state index in [1.165, 1.54) is 9.65 Å². The van der Waals surface area contributed by atoms with Crippen molar-refractivity contribution in [2.75, 3.05) is 0 Å². The van der Waals surface area contributed by atoms with Crippen LogP contribution in [0.15, 0.2) is 59.5 Å². The molecule has 0 aliphatic heterocycles. The molecule has 1 heterocycles. The van der Waals surface area contributed by atoms with E-state index in [1.54, 1.807) is 0 Å². The molecule has 2 aromatic carbocycles. The Bertz CT molecular complexity index is 667. The summed E-state index contributed by atoms with van der Waals surface area (Å²) in [7, 11) is 0. The Hall–Kier alpha value is -1.63. The number of benzene rings is 2. The number of carbonyl (C=O) groups excluding carboxylic acids is 1. The van der Waals surface area contributed by atoms with Crippen LogP contribution in [0.25, 0.3) is 9.65 Å². The zero-order valence-electron chi connectivity index (χ0n) is 9.09. The molecule has 0 radical (unpaired) electrons. The second kappa shape index (κ2) is 4.32. The fourth-order valence-corrected chi connectivity index (χ4v) is 3.48. The maximum absolute atomic E-state index is 12.2. The predicted octanol–water partition coefficient (Wildman–Crippen LogP) is 3.13. The molecule has 0 spiro atoms. The molecule has 0 aliphatic rings. The first-order chi connectivity index (χ1) is 8.34. The Morgan fingerprint density at radius 2 is 1.71 bits per heavy atom. The zero-order chi connectivity index (χ0) is 11.7. The van der Waals surface area contributed by atoms with Crippen molar-refractivity contribution in [3.05, 3.63) is 70.7 Å². The first-order valence-corrected chi connectivity index (χ1v) is 7.26. The summed E-state index contributed by atoms with van der Waals surface area (Å²) in [4.78, 5) is 14.4. The molecule has 3 aromatic rings. The summed E-state index contributed by atoms with van der Waals surface area (Å²) >= 11 is 0.448. The molecular weight excluding hydrogens is 275 g/mol. The standard InChI is InChI=1S/C15H10OSe/c16-15(11-4-2-1-3-5-11)13-6-7-14-12(10-13)8-9-17-14/h1-10H. The van der Waals surface area contributed by atoms with Gasteiger partial charge in [-0.15, -0.1) is 0 Å². The first kappa shape index (κ1) is 10.5. The molecule has 3 rings (SSSR count). The number of hydrogen-bond donors (Lipinski definition) is 0. The van der Waals surface area contributed by atoms with E-state index in [9.17, 15) is 4.79 Å². The summed E-state index contributed by atoms with van der Waals surface area (Å²) in [5.74, 6) is 0.0983. The zero-order valence-corrected chi connectivity index (χ0v) is 10.8. The van der Waals surface area contributed by atoms with Gasteiger partial charge in [-0.1, -0.05) is 0 Å². The third kappa shape index (κ3) is 1.97. The van der Waals surface area contributed by atoms with E-state index >= 15 is 0 Å². The molecule has 2 heteroatoms. The van der Waals surface area contributed by atoms with Gasteiger partial charge < -0.3 is 0 Å². The molecule has 0 unspecified atom stereocenters. The second-order valence-electron chi connectivity index (χ2n) is 3.87. The van der Waals surface area contributed by atoms with Crippen LogP contribution in [-0.2, 0) is 0 Å². The molecule has 0 aliphatic carbocycles. The number of carbonyl (C=O) groups is 1. The van der Waals surface area contributed by atoms with Gasteiger partial charge in [-0.3, -0.25) is 0 Å². The molecule has 0 atom stereocenters. The van der Waals surface area contributed by atoms with Crippen molar-refractivity contribution in [3.63, 3.8) is 0 Å². The average molecular weight is 285 g/mol. The van der Waals surface area contributed by atoms with Gasteiger partial charge in [0.25, 0.3) is 0 Å². The minimum atomic E-state index is 0.0983. The maximum atomic E-state index is 12.2. The summed E-state index contributed by atoms with van der Waals surface area (Å²) in [5, 5.41) is 1.20. The Morgan fingerprint density at radius 1 is 0.882 bits per heavy atom. The van der Waals surface area contributed by atoms with Crippen molar-refractivity contribution in [1.29, 1.82) is 0 Å². The van der Waals surface area contributed by atoms with Crippen LogP contribution in [0.2, 0.25) is 0 Å². The van der Waals surface area contributed by atoms with E-state index in [-0.39, 0.29) is 5.78 Å². The fraction of sp³-hybridized carbons (Fsp3) is 0. The molecule has 82 valence electrons. The van der Waals surface area contributed by atoms with Crippen LogP contribution >= 0.6 is 0 Å². The van der Waals surface area contributed by atoms with Gasteiger partial charge in [0.15, 0.2) is 0 Å². The van der Waals surface area contributed by atoms with Crippen LogP contribution in [0.1, 0.15) is 15.9 Å². The third-order valence-corrected chi connectivity index (χ3v) is 4.63. The van der Waals surface area contributed by atoms with Crippen molar-refractivity contribution in [3.8, 4) is 0 Å². The van der Waals surface area contributed by atoms with Crippen LogP contribution < -0.4 is 0 Å². The molecule has 0 amide bonds. The normalized spacial score (nSPS) is 10.6. The molecule has 17 heavy (non-hydrogen) atoms. The van der Waals surface area contributed by atoms with Crippen LogP contribution in [-0.4, -0.2) is 20.3 Å². The summed E-state index contributed by atoms with van der Waals surface area (Å²) in [6.07, 6.45) is 0. The van der Waals surface area contributed by atoms with Crippen LogP contribution in [0.5, 0.6) is 0 Å². The van der Waals surface area contributed by atoms with E-state index in [2.05, 4.69) is 17.1 Å². The van der Waals surface area contributed by atoms with Gasteiger partial charge in [-0.05, 0) is 0 Å². The van der Waals surface area contributed by atoms with Gasteiger partial charge in [-0.2, -0.15) is 0 Å². The van der Waals surface area contributed by atoms with Crippen molar-refractivity contribution in [2.45, 2.75) is 0 Å². The van der Waals surface area contributed by atoms with Crippen molar-refractivity contribution in [1.82, 2.24) is 0 Å². The number of ketones is 1. The molecule has 1 nitrogen and oxygen atoms in total. The van der Waals surface area contributed by atoms with E-state index in [1.807, 2.05) is 42.5 Å². The average Bonchev–Trinajstić information content (AvgIpc) is 2.86. The van der Waals surface area contributed by atoms with Crippen molar-refractivity contribution in [2.24, 2.45) is 0 Å². The van der Waals surface area contributed by atoms with Gasteiger partial charge in [-0.25, -0.2) is 0 Å². The quantitative estimate of drug-likeness (QED) is 0.522. The van der Waals surface area contributed by atoms with Gasteiger partial charge in [0.1, 0.15) is 0 Å². The number of hydrogen-bond acceptors (Lipinski definition) is 1. The van der Waals surface area contributed by atoms with E-state index < -0.39 is 0 Å². The topological polar surface area (TPSA) is 17.1 Å².